The summed E-state index contributed by atoms with van der Waals surface area (Å²) in [5.74, 6) is 0.124. The van der Waals surface area contributed by atoms with Crippen LogP contribution in [0.3, 0.4) is 0 Å². The highest BCUT2D eigenvalue weighted by Crippen LogP contribution is 2.18. The fourth-order valence-corrected chi connectivity index (χ4v) is 2.69. The Bertz CT molecular complexity index is 742. The van der Waals surface area contributed by atoms with Crippen molar-refractivity contribution >= 4 is 17.5 Å². The van der Waals surface area contributed by atoms with Crippen molar-refractivity contribution in [3.8, 4) is 5.75 Å². The summed E-state index contributed by atoms with van der Waals surface area (Å²) in [6, 6.07) is 15.9. The van der Waals surface area contributed by atoms with Crippen LogP contribution in [-0.2, 0) is 9.53 Å². The number of benzene rings is 2. The lowest BCUT2D eigenvalue weighted by atomic mass is 10.2. The summed E-state index contributed by atoms with van der Waals surface area (Å²) in [6.45, 7) is 1.19. The first kappa shape index (κ1) is 17.9. The second-order valence-corrected chi connectivity index (χ2v) is 6.08. The molecule has 1 unspecified atom stereocenters. The smallest absolute Gasteiger partial charge is 0.258 e. The van der Waals surface area contributed by atoms with Crippen molar-refractivity contribution in [2.45, 2.75) is 18.9 Å². The Kier molecular flexibility index (Phi) is 6.22. The van der Waals surface area contributed by atoms with Crippen molar-refractivity contribution in [3.05, 3.63) is 60.2 Å². The number of carbonyl (C=O) groups is 2. The molecule has 2 N–H and O–H groups in total. The Morgan fingerprint density at radius 3 is 2.73 bits per heavy atom. The largest absolute Gasteiger partial charge is 0.484 e. The van der Waals surface area contributed by atoms with Crippen molar-refractivity contribution in [1.29, 1.82) is 0 Å². The normalized spacial score (nSPS) is 16.1. The van der Waals surface area contributed by atoms with Crippen LogP contribution in [0.1, 0.15) is 23.2 Å². The van der Waals surface area contributed by atoms with Gasteiger partial charge < -0.3 is 20.1 Å². The molecule has 0 aliphatic carbocycles. The van der Waals surface area contributed by atoms with E-state index in [0.717, 1.165) is 19.4 Å². The summed E-state index contributed by atoms with van der Waals surface area (Å²) in [4.78, 5) is 24.0. The minimum Gasteiger partial charge on any atom is -0.484 e. The quantitative estimate of drug-likeness (QED) is 0.801. The molecule has 6 heteroatoms. The molecule has 0 bridgehead atoms. The van der Waals surface area contributed by atoms with E-state index in [9.17, 15) is 9.59 Å². The molecule has 2 aromatic carbocycles. The van der Waals surface area contributed by atoms with Crippen molar-refractivity contribution in [1.82, 2.24) is 5.32 Å². The number of hydrogen-bond donors (Lipinski definition) is 2. The van der Waals surface area contributed by atoms with Crippen molar-refractivity contribution in [2.75, 3.05) is 25.1 Å². The highest BCUT2D eigenvalue weighted by molar-refractivity contribution is 6.04. The fraction of sp³-hybridized carbons (Fsp3) is 0.300. The van der Waals surface area contributed by atoms with Crippen LogP contribution in [0.15, 0.2) is 54.6 Å². The lowest BCUT2D eigenvalue weighted by Gasteiger charge is -2.12. The van der Waals surface area contributed by atoms with Crippen LogP contribution in [0.5, 0.6) is 5.75 Å². The van der Waals surface area contributed by atoms with E-state index in [4.69, 9.17) is 9.47 Å². The third kappa shape index (κ3) is 5.32. The first-order valence-electron chi connectivity index (χ1n) is 8.68. The molecule has 6 nitrogen and oxygen atoms in total. The van der Waals surface area contributed by atoms with E-state index in [-0.39, 0.29) is 24.5 Å². The maximum atomic E-state index is 12.2. The van der Waals surface area contributed by atoms with Gasteiger partial charge in [-0.25, -0.2) is 0 Å². The van der Waals surface area contributed by atoms with Gasteiger partial charge in [0.2, 0.25) is 0 Å². The van der Waals surface area contributed by atoms with Crippen LogP contribution in [0.25, 0.3) is 0 Å². The van der Waals surface area contributed by atoms with Gasteiger partial charge in [-0.1, -0.05) is 24.3 Å². The SMILES string of the molecule is O=C(COc1cccc(NC(=O)c2ccccc2)c1)NCC1CCCO1. The van der Waals surface area contributed by atoms with Gasteiger partial charge in [0.15, 0.2) is 6.61 Å². The molecule has 1 heterocycles. The molecule has 1 saturated heterocycles. The molecule has 0 saturated carbocycles. The number of nitrogens with one attached hydrogen (secondary N) is 2. The summed E-state index contributed by atoms with van der Waals surface area (Å²) in [6.07, 6.45) is 2.12. The second-order valence-electron chi connectivity index (χ2n) is 6.08. The Labute approximate surface area is 152 Å². The van der Waals surface area contributed by atoms with E-state index in [0.29, 0.717) is 23.5 Å². The maximum absolute atomic E-state index is 12.2. The molecule has 0 aromatic heterocycles. The summed E-state index contributed by atoms with van der Waals surface area (Å²) in [7, 11) is 0. The van der Waals surface area contributed by atoms with Gasteiger partial charge in [-0.2, -0.15) is 0 Å². The number of ether oxygens (including phenoxy) is 2. The van der Waals surface area contributed by atoms with Gasteiger partial charge in [-0.05, 0) is 37.1 Å². The van der Waals surface area contributed by atoms with Gasteiger partial charge in [-0.15, -0.1) is 0 Å². The van der Waals surface area contributed by atoms with E-state index in [1.54, 1.807) is 36.4 Å². The molecule has 1 fully saturated rings. The van der Waals surface area contributed by atoms with E-state index >= 15 is 0 Å². The number of hydrogen-bond acceptors (Lipinski definition) is 4. The van der Waals surface area contributed by atoms with E-state index in [2.05, 4.69) is 10.6 Å². The lowest BCUT2D eigenvalue weighted by Crippen LogP contribution is -2.35. The molecular weight excluding hydrogens is 332 g/mol. The van der Waals surface area contributed by atoms with Crippen LogP contribution in [0.4, 0.5) is 5.69 Å². The summed E-state index contributed by atoms with van der Waals surface area (Å²) in [5.41, 5.74) is 1.18. The first-order valence-corrected chi connectivity index (χ1v) is 8.68. The Morgan fingerprint density at radius 1 is 1.12 bits per heavy atom. The zero-order valence-electron chi connectivity index (χ0n) is 14.4. The van der Waals surface area contributed by atoms with E-state index in [1.807, 2.05) is 18.2 Å². The summed E-state index contributed by atoms with van der Waals surface area (Å²) in [5, 5.41) is 5.62. The van der Waals surface area contributed by atoms with Gasteiger partial charge in [0.05, 0.1) is 6.10 Å². The van der Waals surface area contributed by atoms with E-state index < -0.39 is 0 Å². The minimum absolute atomic E-state index is 0.0806. The Morgan fingerprint density at radius 2 is 1.96 bits per heavy atom. The number of carbonyl (C=O) groups excluding carboxylic acids is 2. The van der Waals surface area contributed by atoms with Crippen molar-refractivity contribution < 1.29 is 19.1 Å². The Hall–Kier alpha value is -2.86. The monoisotopic (exact) mass is 354 g/mol. The van der Waals surface area contributed by atoms with Gasteiger partial charge in [-0.3, -0.25) is 9.59 Å². The average molecular weight is 354 g/mol. The number of anilines is 1. The molecule has 3 rings (SSSR count). The van der Waals surface area contributed by atoms with Gasteiger partial charge in [0, 0.05) is 30.5 Å². The number of rotatable bonds is 7. The van der Waals surface area contributed by atoms with E-state index in [1.165, 1.54) is 0 Å². The first-order chi connectivity index (χ1) is 12.7. The molecular formula is C20H22N2O4. The van der Waals surface area contributed by atoms with Crippen molar-refractivity contribution in [2.24, 2.45) is 0 Å². The van der Waals surface area contributed by atoms with Gasteiger partial charge >= 0.3 is 0 Å². The topological polar surface area (TPSA) is 76.7 Å². The van der Waals surface area contributed by atoms with Gasteiger partial charge in [0.25, 0.3) is 11.8 Å². The zero-order valence-corrected chi connectivity index (χ0v) is 14.4. The maximum Gasteiger partial charge on any atom is 0.258 e. The minimum atomic E-state index is -0.197. The highest BCUT2D eigenvalue weighted by atomic mass is 16.5. The molecule has 26 heavy (non-hydrogen) atoms. The van der Waals surface area contributed by atoms with Crippen LogP contribution in [0.2, 0.25) is 0 Å². The average Bonchev–Trinajstić information content (AvgIpc) is 3.19. The van der Waals surface area contributed by atoms with Crippen LogP contribution in [0, 0.1) is 0 Å². The van der Waals surface area contributed by atoms with Crippen LogP contribution < -0.4 is 15.4 Å². The Balaban J connectivity index is 1.47. The molecule has 136 valence electrons. The third-order valence-corrected chi connectivity index (χ3v) is 4.05. The van der Waals surface area contributed by atoms with Gasteiger partial charge in [0.1, 0.15) is 5.75 Å². The second kappa shape index (κ2) is 9.01. The molecule has 1 atom stereocenters. The molecule has 1 aliphatic rings. The fourth-order valence-electron chi connectivity index (χ4n) is 2.69. The van der Waals surface area contributed by atoms with Crippen LogP contribution in [-0.4, -0.2) is 37.7 Å². The highest BCUT2D eigenvalue weighted by Gasteiger charge is 2.16. The zero-order chi connectivity index (χ0) is 18.2. The molecule has 1 aliphatic heterocycles. The lowest BCUT2D eigenvalue weighted by molar-refractivity contribution is -0.123. The molecule has 0 radical (unpaired) electrons. The third-order valence-electron chi connectivity index (χ3n) is 4.05. The van der Waals surface area contributed by atoms with Crippen molar-refractivity contribution in [3.63, 3.8) is 0 Å². The molecule has 2 amide bonds. The molecule has 0 spiro atoms. The summed E-state index contributed by atoms with van der Waals surface area (Å²) >= 11 is 0. The summed E-state index contributed by atoms with van der Waals surface area (Å²) < 4.78 is 11.0. The molecule has 2 aromatic rings. The standard InChI is InChI=1S/C20H22N2O4/c23-19(21-13-18-10-5-11-25-18)14-26-17-9-4-8-16(12-17)22-20(24)15-6-2-1-3-7-15/h1-4,6-9,12,18H,5,10-11,13-14H2,(H,21,23)(H,22,24). The predicted octanol–water partition coefficient (Wildman–Crippen LogP) is 2.61. The predicted molar refractivity (Wildman–Crippen MR) is 98.3 cm³/mol. The number of amides is 2. The van der Waals surface area contributed by atoms with Crippen LogP contribution >= 0.6 is 0 Å².